The smallest absolute Gasteiger partial charge is 0.261 e. The molecular formula is C27H42O3Si. The van der Waals surface area contributed by atoms with Gasteiger partial charge in [0.2, 0.25) is 0 Å². The number of aliphatic hydroxyl groups excluding tert-OH is 2. The third kappa shape index (κ3) is 6.29. The van der Waals surface area contributed by atoms with Crippen molar-refractivity contribution in [2.24, 2.45) is 17.8 Å². The second kappa shape index (κ2) is 11.4. The summed E-state index contributed by atoms with van der Waals surface area (Å²) in [7, 11) is -2.48. The van der Waals surface area contributed by atoms with Crippen LogP contribution in [-0.4, -0.2) is 37.8 Å². The summed E-state index contributed by atoms with van der Waals surface area (Å²) in [5.41, 5.74) is 0. The van der Waals surface area contributed by atoms with Crippen LogP contribution in [0.4, 0.5) is 0 Å². The number of rotatable bonds is 11. The predicted octanol–water partition coefficient (Wildman–Crippen LogP) is 4.60. The van der Waals surface area contributed by atoms with Gasteiger partial charge in [0, 0.05) is 19.1 Å². The number of hydrogen-bond acceptors (Lipinski definition) is 3. The molecule has 0 fully saturated rings. The van der Waals surface area contributed by atoms with E-state index in [-0.39, 0.29) is 23.5 Å². The molecule has 31 heavy (non-hydrogen) atoms. The van der Waals surface area contributed by atoms with Gasteiger partial charge in [0.05, 0.1) is 6.10 Å². The second-order valence-corrected chi connectivity index (χ2v) is 14.6. The molecule has 0 amide bonds. The van der Waals surface area contributed by atoms with Crippen molar-refractivity contribution in [1.82, 2.24) is 0 Å². The van der Waals surface area contributed by atoms with E-state index in [1.54, 1.807) is 0 Å². The summed E-state index contributed by atoms with van der Waals surface area (Å²) in [6, 6.07) is 21.5. The Bertz CT molecular complexity index is 718. The lowest BCUT2D eigenvalue weighted by molar-refractivity contribution is 0.0279. The lowest BCUT2D eigenvalue weighted by Crippen LogP contribution is -2.66. The number of aliphatic hydroxyl groups is 2. The molecule has 2 N–H and O–H groups in total. The maximum Gasteiger partial charge on any atom is 0.261 e. The quantitative estimate of drug-likeness (QED) is 0.500. The highest BCUT2D eigenvalue weighted by Gasteiger charge is 2.50. The van der Waals surface area contributed by atoms with Gasteiger partial charge in [-0.05, 0) is 40.1 Å². The van der Waals surface area contributed by atoms with Crippen molar-refractivity contribution in [2.45, 2.75) is 65.5 Å². The van der Waals surface area contributed by atoms with Crippen molar-refractivity contribution in [2.75, 3.05) is 13.2 Å². The van der Waals surface area contributed by atoms with E-state index in [9.17, 15) is 10.2 Å². The maximum atomic E-state index is 10.4. The van der Waals surface area contributed by atoms with Crippen LogP contribution in [0.15, 0.2) is 60.7 Å². The zero-order chi connectivity index (χ0) is 23.1. The standard InChI is InChI=1S/C27H42O3Si/c1-21(19-22(2)26(29)23(3)20-28)17-18-30-31(27(4,5)6,24-13-9-7-10-14-24)25-15-11-8-12-16-25/h7-16,21-23,26,28-29H,17-20H2,1-6H3/t21-,22+,23+,26-/m0/s1. The summed E-state index contributed by atoms with van der Waals surface area (Å²) in [4.78, 5) is 0. The van der Waals surface area contributed by atoms with Crippen molar-refractivity contribution in [3.63, 3.8) is 0 Å². The molecule has 4 atom stereocenters. The lowest BCUT2D eigenvalue weighted by Gasteiger charge is -2.43. The fourth-order valence-electron chi connectivity index (χ4n) is 4.74. The predicted molar refractivity (Wildman–Crippen MR) is 133 cm³/mol. The van der Waals surface area contributed by atoms with Crippen LogP contribution in [0.5, 0.6) is 0 Å². The minimum absolute atomic E-state index is 0.0149. The molecule has 2 rings (SSSR count). The molecule has 172 valence electrons. The van der Waals surface area contributed by atoms with E-state index >= 15 is 0 Å². The first-order valence-corrected chi connectivity index (χ1v) is 13.6. The highest BCUT2D eigenvalue weighted by atomic mass is 28.4. The average molecular weight is 443 g/mol. The molecule has 0 aromatic heterocycles. The largest absolute Gasteiger partial charge is 0.407 e. The molecule has 3 nitrogen and oxygen atoms in total. The van der Waals surface area contributed by atoms with Gasteiger partial charge in [-0.15, -0.1) is 0 Å². The third-order valence-corrected chi connectivity index (χ3v) is 11.6. The van der Waals surface area contributed by atoms with Crippen LogP contribution in [0.3, 0.4) is 0 Å². The first-order valence-electron chi connectivity index (χ1n) is 11.7. The van der Waals surface area contributed by atoms with E-state index < -0.39 is 14.4 Å². The zero-order valence-corrected chi connectivity index (χ0v) is 21.2. The molecule has 0 aliphatic carbocycles. The molecule has 0 saturated carbocycles. The highest BCUT2D eigenvalue weighted by molar-refractivity contribution is 6.99. The Balaban J connectivity index is 2.20. The van der Waals surface area contributed by atoms with Gasteiger partial charge < -0.3 is 14.6 Å². The molecule has 0 radical (unpaired) electrons. The molecule has 0 aliphatic rings. The maximum absolute atomic E-state index is 10.4. The molecule has 0 spiro atoms. The normalized spacial score (nSPS) is 16.5. The van der Waals surface area contributed by atoms with E-state index in [4.69, 9.17) is 4.43 Å². The van der Waals surface area contributed by atoms with E-state index in [0.717, 1.165) is 12.8 Å². The Morgan fingerprint density at radius 3 is 1.74 bits per heavy atom. The summed E-state index contributed by atoms with van der Waals surface area (Å²) >= 11 is 0. The van der Waals surface area contributed by atoms with Gasteiger partial charge in [-0.2, -0.15) is 0 Å². The van der Waals surface area contributed by atoms with Crippen LogP contribution in [-0.2, 0) is 4.43 Å². The zero-order valence-electron chi connectivity index (χ0n) is 20.2. The SMILES string of the molecule is C[C@@H](CCO[Si](c1ccccc1)(c1ccccc1)C(C)(C)C)C[C@@H](C)[C@H](O)[C@H](C)CO. The Morgan fingerprint density at radius 1 is 0.839 bits per heavy atom. The van der Waals surface area contributed by atoms with Crippen LogP contribution >= 0.6 is 0 Å². The van der Waals surface area contributed by atoms with Crippen molar-refractivity contribution in [3.05, 3.63) is 60.7 Å². The monoisotopic (exact) mass is 442 g/mol. The van der Waals surface area contributed by atoms with Crippen LogP contribution in [0.2, 0.25) is 5.04 Å². The minimum Gasteiger partial charge on any atom is -0.407 e. The van der Waals surface area contributed by atoms with Gasteiger partial charge in [0.15, 0.2) is 0 Å². The Labute approximate surface area is 190 Å². The van der Waals surface area contributed by atoms with E-state index in [0.29, 0.717) is 12.5 Å². The first kappa shape index (κ1) is 25.8. The fraction of sp³-hybridized carbons (Fsp3) is 0.556. The molecule has 2 aromatic carbocycles. The van der Waals surface area contributed by atoms with E-state index in [2.05, 4.69) is 95.3 Å². The average Bonchev–Trinajstić information content (AvgIpc) is 2.76. The van der Waals surface area contributed by atoms with Crippen LogP contribution in [0.1, 0.15) is 54.4 Å². The van der Waals surface area contributed by atoms with Crippen molar-refractivity contribution >= 4 is 18.7 Å². The second-order valence-electron chi connectivity index (χ2n) is 10.3. The van der Waals surface area contributed by atoms with Crippen molar-refractivity contribution in [1.29, 1.82) is 0 Å². The lowest BCUT2D eigenvalue weighted by atomic mass is 9.86. The van der Waals surface area contributed by atoms with Crippen molar-refractivity contribution in [3.8, 4) is 0 Å². The third-order valence-electron chi connectivity index (χ3n) is 6.57. The van der Waals surface area contributed by atoms with E-state index in [1.807, 2.05) is 6.92 Å². The summed E-state index contributed by atoms with van der Waals surface area (Å²) in [5.74, 6) is 0.509. The van der Waals surface area contributed by atoms with Crippen LogP contribution < -0.4 is 10.4 Å². The number of benzene rings is 2. The Kier molecular flexibility index (Phi) is 9.50. The molecule has 0 bridgehead atoms. The summed E-state index contributed by atoms with van der Waals surface area (Å²) in [6.07, 6.45) is 1.41. The van der Waals surface area contributed by atoms with Crippen LogP contribution in [0.25, 0.3) is 0 Å². The van der Waals surface area contributed by atoms with Gasteiger partial charge in [-0.25, -0.2) is 0 Å². The molecule has 2 aromatic rings. The first-order chi connectivity index (χ1) is 14.6. The highest BCUT2D eigenvalue weighted by Crippen LogP contribution is 2.37. The van der Waals surface area contributed by atoms with Gasteiger partial charge in [-0.1, -0.05) is 102 Å². The van der Waals surface area contributed by atoms with Gasteiger partial charge >= 0.3 is 0 Å². The molecule has 4 heteroatoms. The topological polar surface area (TPSA) is 49.7 Å². The molecule has 0 aliphatic heterocycles. The van der Waals surface area contributed by atoms with Crippen molar-refractivity contribution < 1.29 is 14.6 Å². The Hall–Kier alpha value is -1.46. The molecule has 0 heterocycles. The molecular weight excluding hydrogens is 400 g/mol. The van der Waals surface area contributed by atoms with Gasteiger partial charge in [0.1, 0.15) is 0 Å². The summed E-state index contributed by atoms with van der Waals surface area (Å²) in [6.45, 7) is 13.9. The molecule has 0 unspecified atom stereocenters. The molecule has 0 saturated heterocycles. The number of hydrogen-bond donors (Lipinski definition) is 2. The summed E-state index contributed by atoms with van der Waals surface area (Å²) < 4.78 is 6.98. The van der Waals surface area contributed by atoms with Gasteiger partial charge in [-0.3, -0.25) is 0 Å². The van der Waals surface area contributed by atoms with Gasteiger partial charge in [0.25, 0.3) is 8.32 Å². The Morgan fingerprint density at radius 2 is 1.32 bits per heavy atom. The van der Waals surface area contributed by atoms with Crippen LogP contribution in [0, 0.1) is 17.8 Å². The summed E-state index contributed by atoms with van der Waals surface area (Å²) in [5, 5.41) is 22.3. The fourth-order valence-corrected chi connectivity index (χ4v) is 9.32. The van der Waals surface area contributed by atoms with E-state index in [1.165, 1.54) is 10.4 Å². The minimum atomic E-state index is -2.48.